The maximum absolute atomic E-state index is 12.4. The van der Waals surface area contributed by atoms with E-state index in [-0.39, 0.29) is 5.91 Å². The summed E-state index contributed by atoms with van der Waals surface area (Å²) in [5.41, 5.74) is 3.04. The van der Waals surface area contributed by atoms with Crippen LogP contribution in [0.1, 0.15) is 5.56 Å². The van der Waals surface area contributed by atoms with Gasteiger partial charge in [0.2, 0.25) is 11.8 Å². The molecule has 0 aliphatic rings. The van der Waals surface area contributed by atoms with Gasteiger partial charge in [0.05, 0.1) is 22.7 Å². The van der Waals surface area contributed by atoms with E-state index in [0.29, 0.717) is 54.6 Å². The lowest BCUT2D eigenvalue weighted by atomic mass is 10.2. The minimum Gasteiger partial charge on any atom is -0.495 e. The van der Waals surface area contributed by atoms with Crippen molar-refractivity contribution in [2.45, 2.75) is 0 Å². The van der Waals surface area contributed by atoms with E-state index in [9.17, 15) is 4.79 Å². The van der Waals surface area contributed by atoms with Crippen molar-refractivity contribution in [2.24, 2.45) is 0 Å². The molecule has 9 heteroatoms. The zero-order valence-corrected chi connectivity index (χ0v) is 20.9. The number of ether oxygens (including phenoxy) is 1. The van der Waals surface area contributed by atoms with Gasteiger partial charge in [-0.15, -0.1) is 0 Å². The number of nitrogens with one attached hydrogen (secondary N) is 1. The van der Waals surface area contributed by atoms with E-state index in [1.807, 2.05) is 12.1 Å². The van der Waals surface area contributed by atoms with Crippen molar-refractivity contribution in [3.05, 3.63) is 78.8 Å². The number of amides is 1. The minimum atomic E-state index is -0.341. The Balaban J connectivity index is 1.55. The van der Waals surface area contributed by atoms with Crippen LogP contribution in [0.15, 0.2) is 59.0 Å². The fourth-order valence-corrected chi connectivity index (χ4v) is 4.33. The second-order valence-corrected chi connectivity index (χ2v) is 9.15. The molecule has 0 saturated heterocycles. The summed E-state index contributed by atoms with van der Waals surface area (Å²) >= 11 is 20.7. The number of methoxy groups -OCH3 is 1. The Morgan fingerprint density at radius 3 is 2.69 bits per heavy atom. The summed E-state index contributed by atoms with van der Waals surface area (Å²) in [6, 6.07) is 14.0. The average Bonchev–Trinajstić information content (AvgIpc) is 3.17. The number of hydrogen-bond donors (Lipinski definition) is 1. The van der Waals surface area contributed by atoms with E-state index in [1.54, 1.807) is 42.5 Å². The topological polar surface area (TPSA) is 64.4 Å². The fourth-order valence-electron chi connectivity index (χ4n) is 3.05. The van der Waals surface area contributed by atoms with Crippen molar-refractivity contribution in [3.63, 3.8) is 0 Å². The molecule has 1 heterocycles. The molecule has 0 spiro atoms. The molecule has 0 fully saturated rings. The number of carbonyl (C=O) groups is 1. The Hall–Kier alpha value is -2.26. The Labute approximate surface area is 212 Å². The second-order valence-electron chi connectivity index (χ2n) is 6.66. The first kappa shape index (κ1) is 22.9. The van der Waals surface area contributed by atoms with Crippen molar-refractivity contribution in [1.82, 2.24) is 4.98 Å². The molecule has 0 bridgehead atoms. The molecule has 0 radical (unpaired) electrons. The van der Waals surface area contributed by atoms with Gasteiger partial charge in [0.15, 0.2) is 5.58 Å². The molecule has 162 valence electrons. The van der Waals surface area contributed by atoms with Gasteiger partial charge in [0, 0.05) is 25.9 Å². The summed E-state index contributed by atoms with van der Waals surface area (Å²) in [7, 11) is 1.50. The van der Waals surface area contributed by atoms with Crippen LogP contribution in [-0.4, -0.2) is 18.0 Å². The zero-order valence-electron chi connectivity index (χ0n) is 16.5. The van der Waals surface area contributed by atoms with Gasteiger partial charge in [0.25, 0.3) is 0 Å². The largest absolute Gasteiger partial charge is 0.495 e. The fraction of sp³-hybridized carbons (Fsp3) is 0.0435. The molecule has 1 N–H and O–H groups in total. The van der Waals surface area contributed by atoms with E-state index in [4.69, 9.17) is 44.0 Å². The van der Waals surface area contributed by atoms with Crippen LogP contribution in [0.3, 0.4) is 0 Å². The highest BCUT2D eigenvalue weighted by molar-refractivity contribution is 14.1. The molecule has 0 unspecified atom stereocenters. The van der Waals surface area contributed by atoms with Crippen molar-refractivity contribution < 1.29 is 13.9 Å². The SMILES string of the molecule is COc1c(Cl)cc(Cl)cc1/C=C/C(=O)Nc1ccc2oc(-c3cc(I)ccc3Cl)nc2c1. The summed E-state index contributed by atoms with van der Waals surface area (Å²) in [6.07, 6.45) is 2.95. The van der Waals surface area contributed by atoms with Crippen LogP contribution < -0.4 is 10.1 Å². The highest BCUT2D eigenvalue weighted by Crippen LogP contribution is 2.34. The zero-order chi connectivity index (χ0) is 22.8. The second kappa shape index (κ2) is 9.70. The molecule has 0 saturated carbocycles. The Morgan fingerprint density at radius 2 is 1.91 bits per heavy atom. The van der Waals surface area contributed by atoms with Crippen LogP contribution in [0.5, 0.6) is 5.75 Å². The van der Waals surface area contributed by atoms with Gasteiger partial charge in [-0.25, -0.2) is 4.98 Å². The third-order valence-corrected chi connectivity index (χ3v) is 5.97. The predicted octanol–water partition coefficient (Wildman–Crippen LogP) is 7.72. The quantitative estimate of drug-likeness (QED) is 0.189. The van der Waals surface area contributed by atoms with Crippen molar-refractivity contribution >= 4 is 86.2 Å². The van der Waals surface area contributed by atoms with Crippen molar-refractivity contribution in [3.8, 4) is 17.2 Å². The Bertz CT molecular complexity index is 1370. The molecule has 0 aliphatic heterocycles. The first-order valence-corrected chi connectivity index (χ1v) is 11.4. The summed E-state index contributed by atoms with van der Waals surface area (Å²) < 4.78 is 12.1. The standard InChI is InChI=1S/C23H14Cl3IN2O3/c1-31-22-12(8-13(24)9-18(22)26)2-7-21(30)28-15-4-6-20-19(11-15)29-23(32-20)16-10-14(27)3-5-17(16)25/h2-11H,1H3,(H,28,30)/b7-2+. The number of nitrogens with zero attached hydrogens (tertiary/aromatic N) is 1. The lowest BCUT2D eigenvalue weighted by Crippen LogP contribution is -2.07. The predicted molar refractivity (Wildman–Crippen MR) is 138 cm³/mol. The van der Waals surface area contributed by atoms with Crippen LogP contribution >= 0.6 is 57.4 Å². The van der Waals surface area contributed by atoms with E-state index < -0.39 is 0 Å². The van der Waals surface area contributed by atoms with Crippen molar-refractivity contribution in [1.29, 1.82) is 0 Å². The van der Waals surface area contributed by atoms with Gasteiger partial charge in [0.1, 0.15) is 11.3 Å². The maximum atomic E-state index is 12.4. The molecule has 1 amide bonds. The van der Waals surface area contributed by atoms with E-state index in [0.717, 1.165) is 3.57 Å². The van der Waals surface area contributed by atoms with Crippen LogP contribution in [0, 0.1) is 3.57 Å². The van der Waals surface area contributed by atoms with Gasteiger partial charge >= 0.3 is 0 Å². The molecule has 32 heavy (non-hydrogen) atoms. The van der Waals surface area contributed by atoms with Gasteiger partial charge in [-0.05, 0) is 77.2 Å². The highest BCUT2D eigenvalue weighted by Gasteiger charge is 2.13. The number of fused-ring (bicyclic) bond motifs is 1. The normalized spacial score (nSPS) is 11.3. The molecular formula is C23H14Cl3IN2O3. The minimum absolute atomic E-state index is 0.341. The Kier molecular flexibility index (Phi) is 6.95. The number of halogens is 4. The molecular weight excluding hydrogens is 586 g/mol. The van der Waals surface area contributed by atoms with E-state index >= 15 is 0 Å². The number of carbonyl (C=O) groups excluding carboxylic acids is 1. The summed E-state index contributed by atoms with van der Waals surface area (Å²) in [5.74, 6) is 0.509. The van der Waals surface area contributed by atoms with Crippen LogP contribution in [0.25, 0.3) is 28.6 Å². The first-order valence-electron chi connectivity index (χ1n) is 9.22. The number of hydrogen-bond acceptors (Lipinski definition) is 4. The summed E-state index contributed by atoms with van der Waals surface area (Å²) in [5, 5.41) is 4.15. The summed E-state index contributed by atoms with van der Waals surface area (Å²) in [4.78, 5) is 17.0. The van der Waals surface area contributed by atoms with Crippen LogP contribution in [-0.2, 0) is 4.79 Å². The number of anilines is 1. The Morgan fingerprint density at radius 1 is 1.09 bits per heavy atom. The molecule has 4 aromatic rings. The number of rotatable bonds is 5. The maximum Gasteiger partial charge on any atom is 0.248 e. The van der Waals surface area contributed by atoms with Gasteiger partial charge in [-0.3, -0.25) is 4.79 Å². The lowest BCUT2D eigenvalue weighted by Gasteiger charge is -2.08. The first-order chi connectivity index (χ1) is 15.3. The monoisotopic (exact) mass is 598 g/mol. The average molecular weight is 600 g/mol. The highest BCUT2D eigenvalue weighted by atomic mass is 127. The molecule has 0 aliphatic carbocycles. The smallest absolute Gasteiger partial charge is 0.248 e. The van der Waals surface area contributed by atoms with E-state index in [2.05, 4.69) is 32.9 Å². The number of benzene rings is 3. The van der Waals surface area contributed by atoms with Gasteiger partial charge in [-0.2, -0.15) is 0 Å². The third-order valence-electron chi connectivity index (χ3n) is 4.47. The van der Waals surface area contributed by atoms with Crippen LogP contribution in [0.4, 0.5) is 5.69 Å². The number of oxazole rings is 1. The molecule has 4 rings (SSSR count). The van der Waals surface area contributed by atoms with Crippen LogP contribution in [0.2, 0.25) is 15.1 Å². The third kappa shape index (κ3) is 5.04. The summed E-state index contributed by atoms with van der Waals surface area (Å²) in [6.45, 7) is 0. The molecule has 0 atom stereocenters. The number of aromatic nitrogens is 1. The van der Waals surface area contributed by atoms with Gasteiger partial charge in [-0.1, -0.05) is 34.8 Å². The molecule has 5 nitrogen and oxygen atoms in total. The molecule has 3 aromatic carbocycles. The molecule has 1 aromatic heterocycles. The van der Waals surface area contributed by atoms with Crippen molar-refractivity contribution in [2.75, 3.05) is 12.4 Å². The van der Waals surface area contributed by atoms with Gasteiger partial charge < -0.3 is 14.5 Å². The van der Waals surface area contributed by atoms with E-state index in [1.165, 1.54) is 13.2 Å². The lowest BCUT2D eigenvalue weighted by molar-refractivity contribution is -0.111.